The van der Waals surface area contributed by atoms with Crippen molar-refractivity contribution in [3.05, 3.63) is 40.3 Å². The van der Waals surface area contributed by atoms with E-state index in [1.165, 1.54) is 11.3 Å². The summed E-state index contributed by atoms with van der Waals surface area (Å²) in [5.41, 5.74) is 2.30. The Morgan fingerprint density at radius 3 is 2.69 bits per heavy atom. The first kappa shape index (κ1) is 21.7. The number of ether oxygens (including phenoxy) is 1. The molecule has 4 heterocycles. The molecule has 1 spiro atoms. The lowest BCUT2D eigenvalue weighted by Gasteiger charge is -2.58. The van der Waals surface area contributed by atoms with Crippen molar-refractivity contribution in [2.75, 3.05) is 31.1 Å². The predicted molar refractivity (Wildman–Crippen MR) is 127 cm³/mol. The van der Waals surface area contributed by atoms with Crippen LogP contribution in [0.1, 0.15) is 63.3 Å². The van der Waals surface area contributed by atoms with Gasteiger partial charge in [0.2, 0.25) is 0 Å². The Morgan fingerprint density at radius 1 is 1.28 bits per heavy atom. The Hall–Kier alpha value is -2.09. The van der Waals surface area contributed by atoms with Crippen molar-refractivity contribution in [2.24, 2.45) is 5.41 Å². The normalized spacial score (nSPS) is 22.7. The number of hydrogen-bond donors (Lipinski definition) is 0. The molecule has 0 aromatic carbocycles. The summed E-state index contributed by atoms with van der Waals surface area (Å²) in [6, 6.07) is 4.59. The summed E-state index contributed by atoms with van der Waals surface area (Å²) in [6.45, 7) is 11.5. The van der Waals surface area contributed by atoms with Crippen molar-refractivity contribution in [1.29, 1.82) is 0 Å². The van der Waals surface area contributed by atoms with Crippen LogP contribution >= 0.6 is 15.9 Å². The Morgan fingerprint density at radius 2 is 2.03 bits per heavy atom. The summed E-state index contributed by atoms with van der Waals surface area (Å²) in [5, 5.41) is 5.04. The van der Waals surface area contributed by atoms with E-state index in [2.05, 4.69) is 43.5 Å². The molecular formula is C24H32BrN5O2. The molecule has 0 bridgehead atoms. The minimum absolute atomic E-state index is 0.191. The zero-order valence-electron chi connectivity index (χ0n) is 19.3. The van der Waals surface area contributed by atoms with Gasteiger partial charge in [0.05, 0.1) is 16.2 Å². The Labute approximate surface area is 198 Å². The zero-order chi connectivity index (χ0) is 22.7. The largest absolute Gasteiger partial charge is 0.444 e. The molecule has 1 amide bonds. The van der Waals surface area contributed by atoms with E-state index in [9.17, 15) is 4.79 Å². The quantitative estimate of drug-likeness (QED) is 0.597. The van der Waals surface area contributed by atoms with Gasteiger partial charge in [-0.1, -0.05) is 6.07 Å². The average Bonchev–Trinajstić information content (AvgIpc) is 3.26. The number of halogens is 1. The maximum absolute atomic E-state index is 12.3. The van der Waals surface area contributed by atoms with Crippen LogP contribution in [0.5, 0.6) is 0 Å². The van der Waals surface area contributed by atoms with E-state index in [0.717, 1.165) is 55.7 Å². The van der Waals surface area contributed by atoms with Gasteiger partial charge in [0, 0.05) is 49.9 Å². The molecule has 2 aromatic rings. The fourth-order valence-corrected chi connectivity index (χ4v) is 5.98. The van der Waals surface area contributed by atoms with Gasteiger partial charge in [-0.05, 0) is 74.5 Å². The number of nitrogens with zero attached hydrogens (tertiary/aromatic N) is 5. The van der Waals surface area contributed by atoms with Crippen LogP contribution in [0.2, 0.25) is 0 Å². The maximum Gasteiger partial charge on any atom is 0.410 e. The highest BCUT2D eigenvalue weighted by atomic mass is 79.9. The molecule has 1 unspecified atom stereocenters. The third-order valence-electron chi connectivity index (χ3n) is 7.09. The molecule has 1 aliphatic carbocycles. The van der Waals surface area contributed by atoms with E-state index in [1.807, 2.05) is 44.1 Å². The van der Waals surface area contributed by atoms with E-state index < -0.39 is 5.60 Å². The number of rotatable bonds is 3. The molecule has 8 heteroatoms. The molecule has 7 nitrogen and oxygen atoms in total. The van der Waals surface area contributed by atoms with Crippen LogP contribution in [-0.2, 0) is 4.74 Å². The summed E-state index contributed by atoms with van der Waals surface area (Å²) in [6.07, 6.45) is 6.89. The third-order valence-corrected chi connectivity index (χ3v) is 8.02. The van der Waals surface area contributed by atoms with Gasteiger partial charge in [-0.25, -0.2) is 4.79 Å². The van der Waals surface area contributed by atoms with Crippen molar-refractivity contribution in [1.82, 2.24) is 19.7 Å². The van der Waals surface area contributed by atoms with Gasteiger partial charge >= 0.3 is 6.09 Å². The average molecular weight is 502 g/mol. The number of aromatic nitrogens is 3. The number of amides is 1. The van der Waals surface area contributed by atoms with Crippen LogP contribution in [0.4, 0.5) is 10.6 Å². The molecule has 2 aromatic heterocycles. The minimum Gasteiger partial charge on any atom is -0.444 e. The number of carbonyl (C=O) groups is 1. The zero-order valence-corrected chi connectivity index (χ0v) is 20.9. The fourth-order valence-electron chi connectivity index (χ4n) is 5.47. The van der Waals surface area contributed by atoms with Crippen molar-refractivity contribution < 1.29 is 9.53 Å². The van der Waals surface area contributed by atoms with E-state index in [-0.39, 0.29) is 11.5 Å². The molecule has 0 N–H and O–H groups in total. The molecule has 5 rings (SSSR count). The summed E-state index contributed by atoms with van der Waals surface area (Å²) in [5.74, 6) is 1.56. The molecule has 3 aliphatic rings. The fraction of sp³-hybridized carbons (Fsp3) is 0.625. The van der Waals surface area contributed by atoms with Gasteiger partial charge in [0.1, 0.15) is 5.60 Å². The van der Waals surface area contributed by atoms with Crippen molar-refractivity contribution in [3.8, 4) is 0 Å². The first-order chi connectivity index (χ1) is 15.1. The highest BCUT2D eigenvalue weighted by Crippen LogP contribution is 2.55. The van der Waals surface area contributed by atoms with Crippen LogP contribution in [0.3, 0.4) is 0 Å². The second-order valence-electron chi connectivity index (χ2n) is 10.8. The molecule has 32 heavy (non-hydrogen) atoms. The van der Waals surface area contributed by atoms with E-state index in [0.29, 0.717) is 12.0 Å². The third kappa shape index (κ3) is 3.91. The van der Waals surface area contributed by atoms with Gasteiger partial charge < -0.3 is 14.5 Å². The van der Waals surface area contributed by atoms with Gasteiger partial charge in [0.15, 0.2) is 5.82 Å². The van der Waals surface area contributed by atoms with Crippen LogP contribution in [0, 0.1) is 12.3 Å². The second kappa shape index (κ2) is 7.75. The topological polar surface area (TPSA) is 63.5 Å². The van der Waals surface area contributed by atoms with Crippen molar-refractivity contribution >= 4 is 27.8 Å². The Kier molecular flexibility index (Phi) is 5.26. The van der Waals surface area contributed by atoms with Crippen molar-refractivity contribution in [2.45, 2.75) is 64.5 Å². The highest BCUT2D eigenvalue weighted by Gasteiger charge is 2.55. The first-order valence-electron chi connectivity index (χ1n) is 11.5. The van der Waals surface area contributed by atoms with Crippen LogP contribution in [0.15, 0.2) is 29.0 Å². The number of carbonyl (C=O) groups excluding carboxylic acids is 1. The minimum atomic E-state index is -0.442. The van der Waals surface area contributed by atoms with E-state index >= 15 is 0 Å². The first-order valence-corrected chi connectivity index (χ1v) is 12.3. The number of pyridine rings is 1. The molecule has 0 radical (unpaired) electrons. The van der Waals surface area contributed by atoms with Gasteiger partial charge in [0.25, 0.3) is 0 Å². The SMILES string of the molecule is Cc1c(Br)c(N2CCC(c3cccnc3)C2)nn1C1CC2(C1)CN(C(=O)OC(C)(C)C)C2. The molecule has 1 saturated carbocycles. The molecule has 2 aliphatic heterocycles. The number of hydrogen-bond acceptors (Lipinski definition) is 5. The summed E-state index contributed by atoms with van der Waals surface area (Å²) >= 11 is 3.82. The van der Waals surface area contributed by atoms with E-state index in [1.54, 1.807) is 0 Å². The van der Waals surface area contributed by atoms with Gasteiger partial charge in [-0.15, -0.1) is 0 Å². The smallest absolute Gasteiger partial charge is 0.410 e. The van der Waals surface area contributed by atoms with E-state index in [4.69, 9.17) is 9.84 Å². The van der Waals surface area contributed by atoms with Gasteiger partial charge in [-0.2, -0.15) is 5.10 Å². The summed E-state index contributed by atoms with van der Waals surface area (Å²) in [7, 11) is 0. The molecule has 3 fully saturated rings. The molecule has 2 saturated heterocycles. The van der Waals surface area contributed by atoms with Crippen molar-refractivity contribution in [3.63, 3.8) is 0 Å². The van der Waals surface area contributed by atoms with Crippen LogP contribution in [-0.4, -0.2) is 57.5 Å². The number of likely N-dealkylation sites (tertiary alicyclic amines) is 1. The Balaban J connectivity index is 1.21. The lowest BCUT2D eigenvalue weighted by Crippen LogP contribution is -2.64. The lowest BCUT2D eigenvalue weighted by molar-refractivity contribution is -0.0930. The summed E-state index contributed by atoms with van der Waals surface area (Å²) in [4.78, 5) is 20.8. The highest BCUT2D eigenvalue weighted by molar-refractivity contribution is 9.10. The van der Waals surface area contributed by atoms with Crippen LogP contribution < -0.4 is 4.90 Å². The second-order valence-corrected chi connectivity index (χ2v) is 11.6. The summed E-state index contributed by atoms with van der Waals surface area (Å²) < 4.78 is 8.82. The standard InChI is InChI=1S/C24H32BrN5O2/c1-16-20(25)21(28-9-7-18(13-28)17-6-5-8-26-12-17)27-30(16)19-10-24(11-19)14-29(15-24)22(31)32-23(2,3)4/h5-6,8,12,18-19H,7,9-11,13-15H2,1-4H3. The molecular weight excluding hydrogens is 470 g/mol. The van der Waals surface area contributed by atoms with Gasteiger partial charge in [-0.3, -0.25) is 9.67 Å². The predicted octanol–water partition coefficient (Wildman–Crippen LogP) is 4.91. The van der Waals surface area contributed by atoms with Crippen LogP contribution in [0.25, 0.3) is 0 Å². The Bertz CT molecular complexity index is 1000. The lowest BCUT2D eigenvalue weighted by atomic mass is 9.61. The maximum atomic E-state index is 12.3. The molecule has 1 atom stereocenters. The number of anilines is 1. The monoisotopic (exact) mass is 501 g/mol. The molecule has 172 valence electrons.